The lowest BCUT2D eigenvalue weighted by Gasteiger charge is -2.32. The molecular formula is C14H15BrINO4. The lowest BCUT2D eigenvalue weighted by atomic mass is 10.1. The molecule has 1 aliphatic rings. The van der Waals surface area contributed by atoms with Crippen molar-refractivity contribution in [3.63, 3.8) is 0 Å². The van der Waals surface area contributed by atoms with Crippen molar-refractivity contribution in [2.75, 3.05) is 26.8 Å². The maximum Gasteiger partial charge on any atom is 0.308 e. The van der Waals surface area contributed by atoms with Crippen LogP contribution in [0.25, 0.3) is 0 Å². The number of amides is 1. The third-order valence-corrected chi connectivity index (χ3v) is 4.57. The highest BCUT2D eigenvalue weighted by molar-refractivity contribution is 14.1. The molecule has 0 N–H and O–H groups in total. The van der Waals surface area contributed by atoms with Crippen LogP contribution in [0.3, 0.4) is 0 Å². The summed E-state index contributed by atoms with van der Waals surface area (Å²) >= 11 is 5.58. The summed E-state index contributed by atoms with van der Waals surface area (Å²) in [6.07, 6.45) is -0.148. The second-order valence-corrected chi connectivity index (χ2v) is 6.75. The molecular weight excluding hydrogens is 453 g/mol. The zero-order valence-corrected chi connectivity index (χ0v) is 15.2. The number of esters is 1. The second kappa shape index (κ2) is 7.55. The highest BCUT2D eigenvalue weighted by Gasteiger charge is 2.27. The van der Waals surface area contributed by atoms with Crippen LogP contribution in [-0.4, -0.2) is 49.7 Å². The van der Waals surface area contributed by atoms with Gasteiger partial charge in [-0.2, -0.15) is 0 Å². The van der Waals surface area contributed by atoms with Crippen molar-refractivity contribution >= 4 is 50.4 Å². The van der Waals surface area contributed by atoms with E-state index in [1.165, 1.54) is 7.11 Å². The molecule has 1 fully saturated rings. The highest BCUT2D eigenvalue weighted by Crippen LogP contribution is 2.22. The van der Waals surface area contributed by atoms with Gasteiger partial charge in [0, 0.05) is 21.1 Å². The van der Waals surface area contributed by atoms with Crippen LogP contribution in [0.5, 0.6) is 0 Å². The maximum atomic E-state index is 12.6. The Bertz CT molecular complexity index is 552. The molecule has 2 rings (SSSR count). The number of benzene rings is 1. The lowest BCUT2D eigenvalue weighted by Crippen LogP contribution is -2.46. The van der Waals surface area contributed by atoms with E-state index >= 15 is 0 Å². The fraction of sp³-hybridized carbons (Fsp3) is 0.429. The van der Waals surface area contributed by atoms with Crippen molar-refractivity contribution < 1.29 is 19.1 Å². The van der Waals surface area contributed by atoms with Crippen LogP contribution in [0, 0.1) is 3.57 Å². The van der Waals surface area contributed by atoms with Crippen molar-refractivity contribution in [3.05, 3.63) is 31.8 Å². The van der Waals surface area contributed by atoms with E-state index in [4.69, 9.17) is 4.74 Å². The monoisotopic (exact) mass is 467 g/mol. The average Bonchev–Trinajstić information content (AvgIpc) is 2.49. The number of methoxy groups -OCH3 is 1. The normalized spacial score (nSPS) is 18.4. The van der Waals surface area contributed by atoms with E-state index in [2.05, 4.69) is 43.3 Å². The van der Waals surface area contributed by atoms with Gasteiger partial charge < -0.3 is 14.4 Å². The number of hydrogen-bond acceptors (Lipinski definition) is 4. The molecule has 0 aliphatic carbocycles. The number of ether oxygens (including phenoxy) is 2. The minimum Gasteiger partial charge on any atom is -0.469 e. The van der Waals surface area contributed by atoms with Crippen molar-refractivity contribution in [1.29, 1.82) is 0 Å². The fourth-order valence-electron chi connectivity index (χ4n) is 2.13. The maximum absolute atomic E-state index is 12.6. The summed E-state index contributed by atoms with van der Waals surface area (Å²) in [7, 11) is 1.34. The number of hydrogen-bond donors (Lipinski definition) is 0. The van der Waals surface area contributed by atoms with Crippen LogP contribution in [-0.2, 0) is 14.3 Å². The third kappa shape index (κ3) is 4.40. The van der Waals surface area contributed by atoms with E-state index in [1.54, 1.807) is 4.90 Å². The molecule has 7 heteroatoms. The topological polar surface area (TPSA) is 55.8 Å². The minimum atomic E-state index is -0.329. The fourth-order valence-corrected chi connectivity index (χ4v) is 3.04. The quantitative estimate of drug-likeness (QED) is 0.506. The summed E-state index contributed by atoms with van der Waals surface area (Å²) in [5, 5.41) is 0. The summed E-state index contributed by atoms with van der Waals surface area (Å²) < 4.78 is 11.9. The molecule has 0 spiro atoms. The van der Waals surface area contributed by atoms with Crippen molar-refractivity contribution in [1.82, 2.24) is 4.90 Å². The minimum absolute atomic E-state index is 0.0569. The van der Waals surface area contributed by atoms with Gasteiger partial charge in [-0.05, 0) is 56.7 Å². The average molecular weight is 468 g/mol. The number of carbonyl (C=O) groups is 2. The van der Waals surface area contributed by atoms with E-state index in [0.29, 0.717) is 25.3 Å². The summed E-state index contributed by atoms with van der Waals surface area (Å²) in [5.74, 6) is -0.386. The van der Waals surface area contributed by atoms with Gasteiger partial charge in [0.2, 0.25) is 0 Å². The summed E-state index contributed by atoms with van der Waals surface area (Å²) in [4.78, 5) is 25.6. The van der Waals surface area contributed by atoms with E-state index in [9.17, 15) is 9.59 Å². The van der Waals surface area contributed by atoms with Gasteiger partial charge in [-0.1, -0.05) is 0 Å². The Morgan fingerprint density at radius 2 is 2.29 bits per heavy atom. The van der Waals surface area contributed by atoms with Gasteiger partial charge in [-0.15, -0.1) is 0 Å². The predicted octanol–water partition coefficient (Wildman–Crippen LogP) is 2.46. The van der Waals surface area contributed by atoms with Crippen molar-refractivity contribution in [2.24, 2.45) is 0 Å². The molecule has 1 saturated heterocycles. The first-order chi connectivity index (χ1) is 10.0. The van der Waals surface area contributed by atoms with E-state index < -0.39 is 0 Å². The molecule has 1 heterocycles. The number of halogens is 2. The molecule has 1 aromatic rings. The van der Waals surface area contributed by atoms with Gasteiger partial charge >= 0.3 is 5.97 Å². The Hall–Kier alpha value is -0.670. The Kier molecular flexibility index (Phi) is 6.00. The molecule has 0 radical (unpaired) electrons. The molecule has 114 valence electrons. The largest absolute Gasteiger partial charge is 0.469 e. The molecule has 1 amide bonds. The van der Waals surface area contributed by atoms with Gasteiger partial charge in [0.1, 0.15) is 0 Å². The van der Waals surface area contributed by atoms with Crippen molar-refractivity contribution in [2.45, 2.75) is 12.5 Å². The standard InChI is InChI=1S/C14H15BrINO4/c1-20-13(18)7-10-8-17(4-5-21-10)14(19)11-6-9(16)2-3-12(11)15/h2-3,6,10H,4-5,7-8H2,1H3. The van der Waals surface area contributed by atoms with Crippen LogP contribution >= 0.6 is 38.5 Å². The van der Waals surface area contributed by atoms with E-state index in [0.717, 1.165) is 8.04 Å². The van der Waals surface area contributed by atoms with Gasteiger partial charge in [0.05, 0.1) is 31.8 Å². The Morgan fingerprint density at radius 1 is 1.52 bits per heavy atom. The molecule has 1 unspecified atom stereocenters. The first-order valence-electron chi connectivity index (χ1n) is 6.44. The van der Waals surface area contributed by atoms with Gasteiger partial charge in [-0.25, -0.2) is 0 Å². The van der Waals surface area contributed by atoms with Gasteiger partial charge in [0.15, 0.2) is 0 Å². The smallest absolute Gasteiger partial charge is 0.308 e. The Balaban J connectivity index is 2.08. The van der Waals surface area contributed by atoms with Crippen LogP contribution in [0.4, 0.5) is 0 Å². The number of rotatable bonds is 3. The SMILES string of the molecule is COC(=O)CC1CN(C(=O)c2cc(I)ccc2Br)CCO1. The molecule has 0 aromatic heterocycles. The summed E-state index contributed by atoms with van der Waals surface area (Å²) in [6.45, 7) is 1.34. The first-order valence-corrected chi connectivity index (χ1v) is 8.31. The summed E-state index contributed by atoms with van der Waals surface area (Å²) in [5.41, 5.74) is 0.626. The molecule has 5 nitrogen and oxygen atoms in total. The molecule has 21 heavy (non-hydrogen) atoms. The Morgan fingerprint density at radius 3 is 3.00 bits per heavy atom. The van der Waals surface area contributed by atoms with Gasteiger partial charge in [-0.3, -0.25) is 9.59 Å². The zero-order chi connectivity index (χ0) is 15.4. The third-order valence-electron chi connectivity index (χ3n) is 3.21. The molecule has 1 atom stereocenters. The number of nitrogens with zero attached hydrogens (tertiary/aromatic N) is 1. The zero-order valence-electron chi connectivity index (χ0n) is 11.5. The van der Waals surface area contributed by atoms with Crippen LogP contribution in [0.1, 0.15) is 16.8 Å². The lowest BCUT2D eigenvalue weighted by molar-refractivity contribution is -0.145. The summed E-state index contributed by atoms with van der Waals surface area (Å²) in [6, 6.07) is 5.64. The van der Waals surface area contributed by atoms with E-state index in [1.807, 2.05) is 18.2 Å². The molecule has 1 aliphatic heterocycles. The van der Waals surface area contributed by atoms with Crippen LogP contribution in [0.15, 0.2) is 22.7 Å². The Labute approximate surface area is 145 Å². The molecule has 0 bridgehead atoms. The van der Waals surface area contributed by atoms with E-state index in [-0.39, 0.29) is 24.4 Å². The van der Waals surface area contributed by atoms with Crippen LogP contribution < -0.4 is 0 Å². The van der Waals surface area contributed by atoms with Crippen LogP contribution in [0.2, 0.25) is 0 Å². The van der Waals surface area contributed by atoms with Gasteiger partial charge in [0.25, 0.3) is 5.91 Å². The second-order valence-electron chi connectivity index (χ2n) is 4.65. The number of carbonyl (C=O) groups excluding carboxylic acids is 2. The molecule has 1 aromatic carbocycles. The predicted molar refractivity (Wildman–Crippen MR) is 89.1 cm³/mol. The number of morpholine rings is 1. The molecule has 0 saturated carbocycles. The van der Waals surface area contributed by atoms with Crippen molar-refractivity contribution in [3.8, 4) is 0 Å². The highest BCUT2D eigenvalue weighted by atomic mass is 127. The first kappa shape index (κ1) is 16.7.